The molecule has 0 fully saturated rings. The quantitative estimate of drug-likeness (QED) is 0.748. The summed E-state index contributed by atoms with van der Waals surface area (Å²) in [4.78, 5) is 20.5. The summed E-state index contributed by atoms with van der Waals surface area (Å²) in [6.45, 7) is 3.72. The molecule has 0 aliphatic carbocycles. The number of thiazole rings is 1. The molecule has 0 saturated heterocycles. The molecule has 0 aliphatic rings. The molecule has 0 spiro atoms. The minimum absolute atomic E-state index is 0.0863. The van der Waals surface area contributed by atoms with Crippen LogP contribution in [0, 0.1) is 6.92 Å². The van der Waals surface area contributed by atoms with Gasteiger partial charge < -0.3 is 9.84 Å². The van der Waals surface area contributed by atoms with Crippen LogP contribution in [0.25, 0.3) is 20.8 Å². The largest absolute Gasteiger partial charge is 0.504 e. The van der Waals surface area contributed by atoms with E-state index in [2.05, 4.69) is 9.97 Å². The van der Waals surface area contributed by atoms with Crippen molar-refractivity contribution in [1.29, 1.82) is 0 Å². The summed E-state index contributed by atoms with van der Waals surface area (Å²) in [5, 5.41) is 11.1. The number of carbonyl (C=O) groups is 1. The summed E-state index contributed by atoms with van der Waals surface area (Å²) in [5.41, 5.74) is 1.91. The first-order chi connectivity index (χ1) is 10.6. The molecule has 0 amide bonds. The minimum Gasteiger partial charge on any atom is -0.504 e. The fourth-order valence-electron chi connectivity index (χ4n) is 2.16. The molecule has 5 nitrogen and oxygen atoms in total. The number of ether oxygens (including phenoxy) is 1. The Kier molecular flexibility index (Phi) is 3.77. The third kappa shape index (κ3) is 2.42. The van der Waals surface area contributed by atoms with Gasteiger partial charge in [0.05, 0.1) is 17.0 Å². The summed E-state index contributed by atoms with van der Waals surface area (Å²) in [6, 6.07) is 9.68. The number of carbonyl (C=O) groups excluding carboxylic acids is 1. The standard InChI is InChI=1S/C16H14N2O3S/c1-3-21-16(20)12-13(19)11-14(9(2)17-12)22-15(18-11)10-7-5-4-6-8-10/h4-8,19H,3H2,1-2H3. The number of hydrogen-bond donors (Lipinski definition) is 1. The first-order valence-electron chi connectivity index (χ1n) is 6.84. The molecular formula is C16H14N2O3S. The van der Waals surface area contributed by atoms with Crippen molar-refractivity contribution in [2.75, 3.05) is 6.61 Å². The molecule has 0 unspecified atom stereocenters. The van der Waals surface area contributed by atoms with Gasteiger partial charge in [-0.2, -0.15) is 0 Å². The maximum Gasteiger partial charge on any atom is 0.360 e. The van der Waals surface area contributed by atoms with Crippen LogP contribution in [0.2, 0.25) is 0 Å². The van der Waals surface area contributed by atoms with Crippen molar-refractivity contribution in [2.24, 2.45) is 0 Å². The fraction of sp³-hybridized carbons (Fsp3) is 0.188. The summed E-state index contributed by atoms with van der Waals surface area (Å²) in [7, 11) is 0. The van der Waals surface area contributed by atoms with Crippen LogP contribution in [0.5, 0.6) is 5.75 Å². The summed E-state index contributed by atoms with van der Waals surface area (Å²) >= 11 is 1.44. The lowest BCUT2D eigenvalue weighted by molar-refractivity contribution is 0.0516. The lowest BCUT2D eigenvalue weighted by atomic mass is 10.2. The van der Waals surface area contributed by atoms with Crippen LogP contribution in [-0.2, 0) is 4.74 Å². The SMILES string of the molecule is CCOC(=O)c1nc(C)c2sc(-c3ccccc3)nc2c1O. The Morgan fingerprint density at radius 2 is 2.00 bits per heavy atom. The van der Waals surface area contributed by atoms with Crippen molar-refractivity contribution in [2.45, 2.75) is 13.8 Å². The molecule has 2 heterocycles. The number of hydrogen-bond acceptors (Lipinski definition) is 6. The van der Waals surface area contributed by atoms with Crippen molar-refractivity contribution in [3.8, 4) is 16.3 Å². The molecule has 3 aromatic rings. The first kappa shape index (κ1) is 14.5. The highest BCUT2D eigenvalue weighted by atomic mass is 32.1. The molecule has 3 rings (SSSR count). The highest BCUT2D eigenvalue weighted by molar-refractivity contribution is 7.21. The Bertz CT molecular complexity index is 843. The molecule has 1 N–H and O–H groups in total. The predicted molar refractivity (Wildman–Crippen MR) is 85.2 cm³/mol. The average molecular weight is 314 g/mol. The van der Waals surface area contributed by atoms with Crippen LogP contribution >= 0.6 is 11.3 Å². The van der Waals surface area contributed by atoms with E-state index in [0.29, 0.717) is 11.2 Å². The molecular weight excluding hydrogens is 300 g/mol. The number of aromatic hydroxyl groups is 1. The van der Waals surface area contributed by atoms with Gasteiger partial charge >= 0.3 is 5.97 Å². The van der Waals surface area contributed by atoms with E-state index in [9.17, 15) is 9.90 Å². The van der Waals surface area contributed by atoms with Crippen molar-refractivity contribution in [1.82, 2.24) is 9.97 Å². The van der Waals surface area contributed by atoms with Crippen LogP contribution in [0.4, 0.5) is 0 Å². The predicted octanol–water partition coefficient (Wildman–Crippen LogP) is 3.55. The summed E-state index contributed by atoms with van der Waals surface area (Å²) in [6.07, 6.45) is 0. The van der Waals surface area contributed by atoms with Gasteiger partial charge in [0.25, 0.3) is 0 Å². The van der Waals surface area contributed by atoms with E-state index in [-0.39, 0.29) is 18.1 Å². The van der Waals surface area contributed by atoms with Gasteiger partial charge in [-0.25, -0.2) is 14.8 Å². The van der Waals surface area contributed by atoms with E-state index in [4.69, 9.17) is 4.74 Å². The lowest BCUT2D eigenvalue weighted by Crippen LogP contribution is -2.08. The topological polar surface area (TPSA) is 72.3 Å². The van der Waals surface area contributed by atoms with Crippen LogP contribution in [0.15, 0.2) is 30.3 Å². The molecule has 0 saturated carbocycles. The number of fused-ring (bicyclic) bond motifs is 1. The van der Waals surface area contributed by atoms with Crippen LogP contribution in [0.3, 0.4) is 0 Å². The normalized spacial score (nSPS) is 10.8. The van der Waals surface area contributed by atoms with E-state index in [1.54, 1.807) is 13.8 Å². The van der Waals surface area contributed by atoms with Gasteiger partial charge in [-0.1, -0.05) is 30.3 Å². The maximum absolute atomic E-state index is 11.9. The Balaban J connectivity index is 2.18. The van der Waals surface area contributed by atoms with Crippen LogP contribution < -0.4 is 0 Å². The highest BCUT2D eigenvalue weighted by Crippen LogP contribution is 2.37. The summed E-state index contributed by atoms with van der Waals surface area (Å²) in [5.74, 6) is -0.864. The van der Waals surface area contributed by atoms with E-state index >= 15 is 0 Å². The minimum atomic E-state index is -0.640. The van der Waals surface area contributed by atoms with E-state index in [1.165, 1.54) is 11.3 Å². The van der Waals surface area contributed by atoms with Crippen LogP contribution in [0.1, 0.15) is 23.1 Å². The lowest BCUT2D eigenvalue weighted by Gasteiger charge is -2.05. The summed E-state index contributed by atoms with van der Waals surface area (Å²) < 4.78 is 5.69. The van der Waals surface area contributed by atoms with E-state index in [0.717, 1.165) is 15.3 Å². The Labute approximate surface area is 131 Å². The van der Waals surface area contributed by atoms with Crippen molar-refractivity contribution in [3.05, 3.63) is 41.7 Å². The molecule has 112 valence electrons. The fourth-order valence-corrected chi connectivity index (χ4v) is 3.17. The second kappa shape index (κ2) is 5.73. The van der Waals surface area contributed by atoms with Crippen LogP contribution in [-0.4, -0.2) is 27.7 Å². The average Bonchev–Trinajstić information content (AvgIpc) is 2.98. The number of rotatable bonds is 3. The van der Waals surface area contributed by atoms with Gasteiger partial charge in [0.2, 0.25) is 0 Å². The van der Waals surface area contributed by atoms with Crippen molar-refractivity contribution < 1.29 is 14.6 Å². The molecule has 1 aromatic carbocycles. The molecule has 6 heteroatoms. The number of aromatic nitrogens is 2. The van der Waals surface area contributed by atoms with Crippen molar-refractivity contribution >= 4 is 27.5 Å². The van der Waals surface area contributed by atoms with Gasteiger partial charge in [0, 0.05) is 5.56 Å². The monoisotopic (exact) mass is 314 g/mol. The third-order valence-electron chi connectivity index (χ3n) is 3.17. The van der Waals surface area contributed by atoms with Gasteiger partial charge in [0.15, 0.2) is 11.4 Å². The molecule has 0 aliphatic heterocycles. The zero-order valence-electron chi connectivity index (χ0n) is 12.2. The van der Waals surface area contributed by atoms with E-state index in [1.807, 2.05) is 30.3 Å². The zero-order chi connectivity index (χ0) is 15.7. The molecule has 0 radical (unpaired) electrons. The van der Waals surface area contributed by atoms with Gasteiger partial charge in [0.1, 0.15) is 10.5 Å². The Hall–Kier alpha value is -2.47. The second-order valence-corrected chi connectivity index (χ2v) is 5.68. The third-order valence-corrected chi connectivity index (χ3v) is 4.39. The Morgan fingerprint density at radius 3 is 2.68 bits per heavy atom. The smallest absolute Gasteiger partial charge is 0.360 e. The molecule has 0 atom stereocenters. The number of benzene rings is 1. The van der Waals surface area contributed by atoms with Gasteiger partial charge in [-0.05, 0) is 13.8 Å². The first-order valence-corrected chi connectivity index (χ1v) is 7.66. The molecule has 2 aromatic heterocycles. The zero-order valence-corrected chi connectivity index (χ0v) is 13.0. The Morgan fingerprint density at radius 1 is 1.27 bits per heavy atom. The van der Waals surface area contributed by atoms with E-state index < -0.39 is 5.97 Å². The second-order valence-electron chi connectivity index (χ2n) is 4.68. The maximum atomic E-state index is 11.9. The molecule has 0 bridgehead atoms. The number of nitrogens with zero attached hydrogens (tertiary/aromatic N) is 2. The number of esters is 1. The van der Waals surface area contributed by atoms with Gasteiger partial charge in [-0.15, -0.1) is 11.3 Å². The van der Waals surface area contributed by atoms with Crippen molar-refractivity contribution in [3.63, 3.8) is 0 Å². The highest BCUT2D eigenvalue weighted by Gasteiger charge is 2.22. The number of aryl methyl sites for hydroxylation is 1. The number of pyridine rings is 1. The van der Waals surface area contributed by atoms with Gasteiger partial charge in [-0.3, -0.25) is 0 Å². The molecule has 22 heavy (non-hydrogen) atoms.